The fourth-order valence-electron chi connectivity index (χ4n) is 2.47. The largest absolute Gasteiger partial charge is 0.378 e. The minimum atomic E-state index is 0.503. The Morgan fingerprint density at radius 1 is 1.14 bits per heavy atom. The Labute approximate surface area is 135 Å². The van der Waals surface area contributed by atoms with Crippen molar-refractivity contribution >= 4 is 5.69 Å². The average molecular weight is 305 g/mol. The summed E-state index contributed by atoms with van der Waals surface area (Å²) >= 11 is 0. The van der Waals surface area contributed by atoms with Crippen molar-refractivity contribution in [2.75, 3.05) is 31.2 Å². The second-order valence-corrected chi connectivity index (χ2v) is 6.79. The van der Waals surface area contributed by atoms with E-state index in [0.717, 1.165) is 38.0 Å². The molecule has 1 saturated carbocycles. The number of ether oxygens (including phenoxy) is 1. The Morgan fingerprint density at radius 2 is 1.82 bits per heavy atom. The highest BCUT2D eigenvalue weighted by molar-refractivity contribution is 5.45. The number of morpholine rings is 1. The van der Waals surface area contributed by atoms with Crippen LogP contribution >= 0.6 is 0 Å². The van der Waals surface area contributed by atoms with Gasteiger partial charge in [0.2, 0.25) is 0 Å². The first-order valence-electron chi connectivity index (χ1n) is 8.61. The number of aromatic nitrogens is 1. The molecule has 1 aromatic heterocycles. The van der Waals surface area contributed by atoms with Gasteiger partial charge in [-0.05, 0) is 30.9 Å². The van der Waals surface area contributed by atoms with E-state index in [1.807, 2.05) is 6.20 Å². The summed E-state index contributed by atoms with van der Waals surface area (Å²) in [6.45, 7) is 12.3. The monoisotopic (exact) mass is 305 g/mol. The highest BCUT2D eigenvalue weighted by atomic mass is 16.5. The number of hydrogen-bond donors (Lipinski definition) is 1. The Kier molecular flexibility index (Phi) is 6.65. The van der Waals surface area contributed by atoms with Crippen LogP contribution in [0.25, 0.3) is 0 Å². The maximum absolute atomic E-state index is 5.32. The molecule has 4 heteroatoms. The predicted molar refractivity (Wildman–Crippen MR) is 92.7 cm³/mol. The van der Waals surface area contributed by atoms with E-state index < -0.39 is 0 Å². The van der Waals surface area contributed by atoms with Gasteiger partial charge in [0.05, 0.1) is 25.1 Å². The van der Waals surface area contributed by atoms with Gasteiger partial charge in [-0.3, -0.25) is 4.98 Å². The van der Waals surface area contributed by atoms with Gasteiger partial charge >= 0.3 is 0 Å². The van der Waals surface area contributed by atoms with Gasteiger partial charge in [-0.2, -0.15) is 0 Å². The molecule has 4 nitrogen and oxygen atoms in total. The molecular weight excluding hydrogens is 274 g/mol. The Morgan fingerprint density at radius 3 is 2.23 bits per heavy atom. The van der Waals surface area contributed by atoms with Gasteiger partial charge in [-0.15, -0.1) is 0 Å². The zero-order chi connectivity index (χ0) is 15.9. The highest BCUT2D eigenvalue weighted by Crippen LogP contribution is 2.19. The van der Waals surface area contributed by atoms with Crippen molar-refractivity contribution in [3.05, 3.63) is 24.0 Å². The van der Waals surface area contributed by atoms with Gasteiger partial charge in [0, 0.05) is 30.9 Å². The van der Waals surface area contributed by atoms with E-state index in [1.165, 1.54) is 18.5 Å². The number of nitrogens with zero attached hydrogens (tertiary/aromatic N) is 2. The molecule has 0 unspecified atom stereocenters. The van der Waals surface area contributed by atoms with Crippen LogP contribution in [0.1, 0.15) is 52.1 Å². The molecule has 1 aromatic rings. The van der Waals surface area contributed by atoms with Crippen molar-refractivity contribution in [1.29, 1.82) is 0 Å². The van der Waals surface area contributed by atoms with Gasteiger partial charge in [0.25, 0.3) is 0 Å². The first-order chi connectivity index (χ1) is 10.6. The molecular formula is C18H31N3O. The molecule has 1 N–H and O–H groups in total. The van der Waals surface area contributed by atoms with E-state index in [4.69, 9.17) is 4.74 Å². The van der Waals surface area contributed by atoms with Gasteiger partial charge in [0.15, 0.2) is 0 Å². The van der Waals surface area contributed by atoms with Gasteiger partial charge < -0.3 is 15.0 Å². The number of anilines is 1. The highest BCUT2D eigenvalue weighted by Gasteiger charge is 2.20. The lowest BCUT2D eigenvalue weighted by Crippen LogP contribution is -2.36. The molecule has 1 saturated heterocycles. The zero-order valence-corrected chi connectivity index (χ0v) is 14.5. The summed E-state index contributed by atoms with van der Waals surface area (Å²) in [5.41, 5.74) is 2.37. The number of rotatable bonds is 4. The van der Waals surface area contributed by atoms with Crippen LogP contribution < -0.4 is 10.2 Å². The van der Waals surface area contributed by atoms with Crippen molar-refractivity contribution in [3.8, 4) is 0 Å². The van der Waals surface area contributed by atoms with Crippen LogP contribution in [0.2, 0.25) is 0 Å². The van der Waals surface area contributed by atoms with Crippen LogP contribution in [-0.4, -0.2) is 43.4 Å². The normalized spacial score (nSPS) is 18.4. The molecule has 0 bridgehead atoms. The van der Waals surface area contributed by atoms with E-state index in [2.05, 4.69) is 55.0 Å². The maximum atomic E-state index is 5.32. The fraction of sp³-hybridized carbons (Fsp3) is 0.722. The quantitative estimate of drug-likeness (QED) is 0.927. The smallest absolute Gasteiger partial charge is 0.0642 e. The topological polar surface area (TPSA) is 37.4 Å². The molecule has 2 heterocycles. The van der Waals surface area contributed by atoms with Crippen LogP contribution in [0.15, 0.2) is 18.3 Å². The summed E-state index contributed by atoms with van der Waals surface area (Å²) in [6.07, 6.45) is 4.77. The van der Waals surface area contributed by atoms with Crippen molar-refractivity contribution in [2.24, 2.45) is 0 Å². The van der Waals surface area contributed by atoms with E-state index in [1.54, 1.807) is 0 Å². The summed E-state index contributed by atoms with van der Waals surface area (Å²) in [5.74, 6) is 0.503. The fourth-order valence-corrected chi connectivity index (χ4v) is 2.47. The minimum Gasteiger partial charge on any atom is -0.378 e. The lowest BCUT2D eigenvalue weighted by molar-refractivity contribution is 0.122. The average Bonchev–Trinajstić information content (AvgIpc) is 3.32. The molecule has 0 radical (unpaired) electrons. The van der Waals surface area contributed by atoms with Gasteiger partial charge in [-0.25, -0.2) is 0 Å². The molecule has 2 fully saturated rings. The van der Waals surface area contributed by atoms with Crippen LogP contribution in [0, 0.1) is 0 Å². The number of hydrogen-bond acceptors (Lipinski definition) is 4. The Hall–Kier alpha value is -1.13. The van der Waals surface area contributed by atoms with Crippen LogP contribution in [0.4, 0.5) is 5.69 Å². The van der Waals surface area contributed by atoms with E-state index in [0.29, 0.717) is 12.0 Å². The molecule has 0 amide bonds. The molecule has 0 atom stereocenters. The minimum absolute atomic E-state index is 0.503. The third-order valence-electron chi connectivity index (χ3n) is 3.88. The molecule has 3 rings (SSSR count). The van der Waals surface area contributed by atoms with Crippen LogP contribution in [0.3, 0.4) is 0 Å². The van der Waals surface area contributed by atoms with Crippen LogP contribution in [0.5, 0.6) is 0 Å². The summed E-state index contributed by atoms with van der Waals surface area (Å²) in [4.78, 5) is 6.79. The first kappa shape index (κ1) is 17.2. The molecule has 124 valence electrons. The molecule has 0 aromatic carbocycles. The molecule has 0 spiro atoms. The zero-order valence-electron chi connectivity index (χ0n) is 14.5. The lowest BCUT2D eigenvalue weighted by atomic mass is 10.1. The standard InChI is InChI=1S/C12H18N2O.C6H13N/c1-10(2)12-4-3-11(9-13-12)14-5-7-15-8-6-14;1-5(2)7-6-3-4-6/h3-4,9-10H,5-8H2,1-2H3;5-7H,3-4H2,1-2H3. The third kappa shape index (κ3) is 5.93. The van der Waals surface area contributed by atoms with Gasteiger partial charge in [0.1, 0.15) is 0 Å². The SMILES string of the molecule is CC(C)NC1CC1.CC(C)c1ccc(N2CCOCC2)cn1. The van der Waals surface area contributed by atoms with Crippen molar-refractivity contribution in [3.63, 3.8) is 0 Å². The second-order valence-electron chi connectivity index (χ2n) is 6.79. The second kappa shape index (κ2) is 8.49. The molecule has 2 aliphatic rings. The van der Waals surface area contributed by atoms with Crippen molar-refractivity contribution in [1.82, 2.24) is 10.3 Å². The van der Waals surface area contributed by atoms with E-state index in [-0.39, 0.29) is 0 Å². The number of pyridine rings is 1. The van der Waals surface area contributed by atoms with Crippen molar-refractivity contribution in [2.45, 2.75) is 58.5 Å². The van der Waals surface area contributed by atoms with E-state index >= 15 is 0 Å². The number of nitrogens with one attached hydrogen (secondary N) is 1. The first-order valence-corrected chi connectivity index (χ1v) is 8.61. The molecule has 1 aliphatic heterocycles. The summed E-state index contributed by atoms with van der Waals surface area (Å²) in [5, 5.41) is 3.42. The van der Waals surface area contributed by atoms with Crippen LogP contribution in [-0.2, 0) is 4.74 Å². The summed E-state index contributed by atoms with van der Waals surface area (Å²) < 4.78 is 5.32. The van der Waals surface area contributed by atoms with E-state index in [9.17, 15) is 0 Å². The molecule has 22 heavy (non-hydrogen) atoms. The Bertz CT molecular complexity index is 420. The maximum Gasteiger partial charge on any atom is 0.0642 e. The van der Waals surface area contributed by atoms with Crippen molar-refractivity contribution < 1.29 is 4.74 Å². The predicted octanol–water partition coefficient (Wildman–Crippen LogP) is 3.19. The summed E-state index contributed by atoms with van der Waals surface area (Å²) in [7, 11) is 0. The lowest BCUT2D eigenvalue weighted by Gasteiger charge is -2.28. The summed E-state index contributed by atoms with van der Waals surface area (Å²) in [6, 6.07) is 5.84. The Balaban J connectivity index is 0.000000211. The molecule has 1 aliphatic carbocycles. The third-order valence-corrected chi connectivity index (χ3v) is 3.88. The van der Waals surface area contributed by atoms with Gasteiger partial charge in [-0.1, -0.05) is 27.7 Å².